The number of amides is 2. The second-order valence-corrected chi connectivity index (χ2v) is 13.5. The molecule has 4 aromatic rings. The third kappa shape index (κ3) is 7.39. The number of hydrogen-bond acceptors (Lipinski definition) is 8. The van der Waals surface area contributed by atoms with Crippen molar-refractivity contribution in [3.63, 3.8) is 0 Å². The number of benzene rings is 2. The highest BCUT2D eigenvalue weighted by molar-refractivity contribution is 6.32. The fraction of sp³-hybridized carbons (Fsp3) is 0.316. The van der Waals surface area contributed by atoms with E-state index in [1.807, 2.05) is 30.3 Å². The van der Waals surface area contributed by atoms with Crippen LogP contribution in [-0.2, 0) is 29.2 Å². The average Bonchev–Trinajstić information content (AvgIpc) is 3.45. The first-order valence-corrected chi connectivity index (χ1v) is 17.5. The quantitative estimate of drug-likeness (QED) is 0.229. The molecule has 1 aliphatic carbocycles. The van der Waals surface area contributed by atoms with Crippen molar-refractivity contribution >= 4 is 46.4 Å². The number of fused-ring (bicyclic) bond motifs is 2. The number of pyridine rings is 1. The molecule has 5 heterocycles. The molecule has 11 nitrogen and oxygen atoms in total. The second kappa shape index (κ2) is 14.3. The minimum Gasteiger partial charge on any atom is -0.473 e. The monoisotopic (exact) mass is 707 g/mol. The van der Waals surface area contributed by atoms with E-state index in [0.717, 1.165) is 61.5 Å². The smallest absolute Gasteiger partial charge is 0.288 e. The molecule has 1 unspecified atom stereocenters. The first kappa shape index (κ1) is 33.1. The molecule has 0 saturated carbocycles. The fourth-order valence-corrected chi connectivity index (χ4v) is 6.95. The van der Waals surface area contributed by atoms with Gasteiger partial charge in [-0.15, -0.1) is 0 Å². The maximum atomic E-state index is 14.2. The van der Waals surface area contributed by atoms with E-state index in [2.05, 4.69) is 24.8 Å². The molecule has 0 radical (unpaired) electrons. The Morgan fingerprint density at radius 2 is 1.92 bits per heavy atom. The summed E-state index contributed by atoms with van der Waals surface area (Å²) in [5.41, 5.74) is 4.75. The van der Waals surface area contributed by atoms with Gasteiger partial charge in [0, 0.05) is 46.1 Å². The first-order chi connectivity index (χ1) is 24.8. The number of hydrogen-bond donors (Lipinski definition) is 1. The molecule has 0 bridgehead atoms. The van der Waals surface area contributed by atoms with Gasteiger partial charge in [-0.1, -0.05) is 23.7 Å². The highest BCUT2D eigenvalue weighted by Gasteiger charge is 2.27. The molecule has 8 rings (SSSR count). The molecule has 2 aromatic heterocycles. The van der Waals surface area contributed by atoms with Crippen molar-refractivity contribution in [1.29, 1.82) is 0 Å². The van der Waals surface area contributed by atoms with Gasteiger partial charge in [0.05, 0.1) is 42.2 Å². The van der Waals surface area contributed by atoms with Crippen LogP contribution in [0, 0.1) is 5.82 Å². The normalized spacial score (nSPS) is 20.5. The van der Waals surface area contributed by atoms with Gasteiger partial charge < -0.3 is 19.4 Å². The summed E-state index contributed by atoms with van der Waals surface area (Å²) in [6, 6.07) is 15.5. The summed E-state index contributed by atoms with van der Waals surface area (Å²) in [4.78, 5) is 45.2. The summed E-state index contributed by atoms with van der Waals surface area (Å²) in [7, 11) is 0. The Kier molecular flexibility index (Phi) is 9.28. The van der Waals surface area contributed by atoms with Gasteiger partial charge in [-0.3, -0.25) is 19.5 Å². The zero-order chi connectivity index (χ0) is 34.9. The molecule has 2 fully saturated rings. The lowest BCUT2D eigenvalue weighted by molar-refractivity contribution is -0.111. The van der Waals surface area contributed by atoms with Crippen LogP contribution in [0.25, 0.3) is 11.0 Å². The molecular formula is C38H35ClFN7O4. The Morgan fingerprint density at radius 3 is 2.73 bits per heavy atom. The summed E-state index contributed by atoms with van der Waals surface area (Å²) in [5, 5.41) is 3.29. The molecule has 0 spiro atoms. The van der Waals surface area contributed by atoms with E-state index in [1.165, 1.54) is 12.3 Å². The van der Waals surface area contributed by atoms with Gasteiger partial charge in [0.25, 0.3) is 11.8 Å². The van der Waals surface area contributed by atoms with Gasteiger partial charge in [-0.2, -0.15) is 0 Å². The molecular weight excluding hydrogens is 673 g/mol. The molecule has 51 heavy (non-hydrogen) atoms. The minimum absolute atomic E-state index is 0.0723. The maximum Gasteiger partial charge on any atom is 0.288 e. The number of allylic oxidation sites excluding steroid dienone is 1. The molecule has 2 aromatic carbocycles. The molecule has 13 heteroatoms. The van der Waals surface area contributed by atoms with Crippen LogP contribution in [0.15, 0.2) is 88.5 Å². The third-order valence-corrected chi connectivity index (χ3v) is 9.93. The van der Waals surface area contributed by atoms with Gasteiger partial charge in [0.1, 0.15) is 24.3 Å². The number of carbonyl (C=O) groups is 2. The number of rotatable bonds is 10. The number of nitrogens with zero attached hydrogens (tertiary/aromatic N) is 6. The maximum absolute atomic E-state index is 14.2. The lowest BCUT2D eigenvalue weighted by atomic mass is 9.93. The largest absolute Gasteiger partial charge is 0.473 e. The van der Waals surface area contributed by atoms with Crippen LogP contribution in [0.4, 0.5) is 4.39 Å². The van der Waals surface area contributed by atoms with E-state index < -0.39 is 11.9 Å². The number of carbonyl (C=O) groups excluding carboxylic acids is 2. The summed E-state index contributed by atoms with van der Waals surface area (Å²) < 4.78 is 28.1. The Morgan fingerprint density at radius 1 is 1.06 bits per heavy atom. The Labute approximate surface area is 298 Å². The van der Waals surface area contributed by atoms with Crippen LogP contribution in [-0.4, -0.2) is 75.0 Å². The van der Waals surface area contributed by atoms with Crippen molar-refractivity contribution in [3.8, 4) is 5.88 Å². The van der Waals surface area contributed by atoms with Crippen LogP contribution in [0.2, 0.25) is 5.02 Å². The number of piperidine rings is 1. The summed E-state index contributed by atoms with van der Waals surface area (Å²) in [5.74, 6) is 0.639. The van der Waals surface area contributed by atoms with Crippen molar-refractivity contribution in [2.75, 3.05) is 19.7 Å². The fourth-order valence-electron chi connectivity index (χ4n) is 6.79. The highest BCUT2D eigenvalue weighted by Crippen LogP contribution is 2.30. The molecule has 2 saturated heterocycles. The van der Waals surface area contributed by atoms with Crippen LogP contribution in [0.3, 0.4) is 0 Å². The Balaban J connectivity index is 0.927. The van der Waals surface area contributed by atoms with Crippen LogP contribution in [0.5, 0.6) is 5.88 Å². The summed E-state index contributed by atoms with van der Waals surface area (Å²) in [6.07, 6.45) is 9.40. The van der Waals surface area contributed by atoms with E-state index >= 15 is 0 Å². The van der Waals surface area contributed by atoms with E-state index in [0.29, 0.717) is 46.5 Å². The number of nitrogens with one attached hydrogen (secondary N) is 1. The van der Waals surface area contributed by atoms with Crippen LogP contribution < -0.4 is 10.1 Å². The zero-order valence-corrected chi connectivity index (χ0v) is 28.4. The van der Waals surface area contributed by atoms with Crippen molar-refractivity contribution < 1.29 is 23.5 Å². The van der Waals surface area contributed by atoms with Gasteiger partial charge >= 0.3 is 0 Å². The van der Waals surface area contributed by atoms with Crippen molar-refractivity contribution in [1.82, 2.24) is 24.8 Å². The predicted octanol–water partition coefficient (Wildman–Crippen LogP) is 5.58. The highest BCUT2D eigenvalue weighted by atomic mass is 35.5. The summed E-state index contributed by atoms with van der Waals surface area (Å²) in [6.45, 7) is 3.96. The number of ether oxygens (including phenoxy) is 2. The predicted molar refractivity (Wildman–Crippen MR) is 191 cm³/mol. The van der Waals surface area contributed by atoms with Crippen molar-refractivity contribution in [2.45, 2.75) is 57.0 Å². The average molecular weight is 708 g/mol. The third-order valence-electron chi connectivity index (χ3n) is 9.69. The Hall–Kier alpha value is -5.04. The van der Waals surface area contributed by atoms with Gasteiger partial charge in [0.15, 0.2) is 0 Å². The molecule has 2 amide bonds. The van der Waals surface area contributed by atoms with E-state index in [-0.39, 0.29) is 30.4 Å². The molecule has 1 N–H and O–H groups in total. The van der Waals surface area contributed by atoms with Crippen LogP contribution >= 0.6 is 11.6 Å². The Bertz CT molecular complexity index is 2130. The zero-order valence-electron chi connectivity index (χ0n) is 27.7. The van der Waals surface area contributed by atoms with Gasteiger partial charge in [-0.05, 0) is 87.0 Å². The molecule has 3 aliphatic heterocycles. The lowest BCUT2D eigenvalue weighted by Gasteiger charge is -2.32. The first-order valence-electron chi connectivity index (χ1n) is 17.1. The number of halogens is 2. The number of aliphatic imine (C=N–C) groups is 2. The van der Waals surface area contributed by atoms with Crippen LogP contribution in [0.1, 0.15) is 52.6 Å². The molecule has 4 aliphatic rings. The number of aromatic nitrogens is 3. The van der Waals surface area contributed by atoms with E-state index in [1.54, 1.807) is 36.4 Å². The lowest BCUT2D eigenvalue weighted by Crippen LogP contribution is -2.35. The van der Waals surface area contributed by atoms with E-state index in [4.69, 9.17) is 31.0 Å². The molecule has 260 valence electrons. The van der Waals surface area contributed by atoms with Gasteiger partial charge in [-0.25, -0.2) is 19.4 Å². The second-order valence-electron chi connectivity index (χ2n) is 13.1. The molecule has 2 atom stereocenters. The minimum atomic E-state index is -0.401. The SMILES string of the molecule is O=C1C=NC2C=C(NC(=O)c3ccc4c(c3)nc(CN3CCC(c5cccc(OCc6ccc(Cl)cc6F)n5)CC3)n4C[C@@H]3CCO3)C=CC2=N1. The van der Waals surface area contributed by atoms with Crippen molar-refractivity contribution in [3.05, 3.63) is 112 Å². The number of likely N-dealkylation sites (tertiary alicyclic amines) is 1. The number of imidazole rings is 1. The van der Waals surface area contributed by atoms with Crippen molar-refractivity contribution in [2.24, 2.45) is 9.98 Å². The summed E-state index contributed by atoms with van der Waals surface area (Å²) >= 11 is 5.88. The van der Waals surface area contributed by atoms with Gasteiger partial charge in [0.2, 0.25) is 5.88 Å². The topological polar surface area (TPSA) is 123 Å². The standard InChI is InChI=1S/C38H35ClFN7O4/c39-26-6-4-25(29(40)17-26)22-51-37-3-1-2-30(45-37)23-10-13-46(14-11-23)21-35-43-33-16-24(5-9-34(33)47(35)20-28-12-15-50-28)38(49)42-27-7-8-31-32(18-27)41-19-36(48)44-31/h1-9,16-19,23,28,32H,10-15,20-22H2,(H,42,49)/t28-,32?/m0/s1. The van der Waals surface area contributed by atoms with E-state index in [9.17, 15) is 14.0 Å².